The monoisotopic (exact) mass is 380 g/mol. The van der Waals surface area contributed by atoms with E-state index in [1.807, 2.05) is 25.1 Å². The summed E-state index contributed by atoms with van der Waals surface area (Å²) in [6.45, 7) is 2.36. The van der Waals surface area contributed by atoms with Gasteiger partial charge in [-0.15, -0.1) is 11.3 Å². The zero-order chi connectivity index (χ0) is 19.2. The number of rotatable bonds is 6. The Morgan fingerprint density at radius 1 is 1.00 bits per heavy atom. The van der Waals surface area contributed by atoms with Crippen LogP contribution in [-0.2, 0) is 6.42 Å². The zero-order valence-electron chi connectivity index (χ0n) is 14.9. The van der Waals surface area contributed by atoms with E-state index in [2.05, 4.69) is 10.6 Å². The Labute approximate surface area is 161 Å². The number of amides is 2. The molecule has 0 saturated heterocycles. The molecule has 0 aliphatic carbocycles. The zero-order valence-corrected chi connectivity index (χ0v) is 15.7. The molecule has 0 radical (unpaired) electrons. The molecule has 0 saturated carbocycles. The molecular weight excluding hydrogens is 360 g/mol. The van der Waals surface area contributed by atoms with Crippen LogP contribution in [0.4, 0.5) is 5.00 Å². The van der Waals surface area contributed by atoms with Gasteiger partial charge >= 0.3 is 0 Å². The van der Waals surface area contributed by atoms with E-state index in [1.165, 1.54) is 11.3 Å². The molecule has 138 valence electrons. The van der Waals surface area contributed by atoms with Gasteiger partial charge in [-0.25, -0.2) is 0 Å². The van der Waals surface area contributed by atoms with Crippen molar-refractivity contribution in [2.75, 3.05) is 11.9 Å². The topological polar surface area (TPSA) is 78.4 Å². The minimum absolute atomic E-state index is 0.218. The van der Waals surface area contributed by atoms with Crippen molar-refractivity contribution in [3.8, 4) is 5.75 Å². The van der Waals surface area contributed by atoms with Gasteiger partial charge < -0.3 is 15.7 Å². The van der Waals surface area contributed by atoms with Crippen LogP contribution in [0.2, 0.25) is 0 Å². The van der Waals surface area contributed by atoms with Crippen LogP contribution in [0.25, 0.3) is 0 Å². The predicted molar refractivity (Wildman–Crippen MR) is 108 cm³/mol. The Kier molecular flexibility index (Phi) is 5.88. The summed E-state index contributed by atoms with van der Waals surface area (Å²) in [7, 11) is 0. The lowest BCUT2D eigenvalue weighted by Gasteiger charge is -2.08. The summed E-state index contributed by atoms with van der Waals surface area (Å²) >= 11 is 1.38. The van der Waals surface area contributed by atoms with Crippen molar-refractivity contribution in [3.63, 3.8) is 0 Å². The van der Waals surface area contributed by atoms with Crippen LogP contribution in [0.1, 0.15) is 31.2 Å². The molecular formula is C21H20N2O3S. The molecule has 0 aliphatic heterocycles. The second-order valence-corrected chi connectivity index (χ2v) is 7.35. The van der Waals surface area contributed by atoms with E-state index in [4.69, 9.17) is 0 Å². The second-order valence-electron chi connectivity index (χ2n) is 6.09. The van der Waals surface area contributed by atoms with Gasteiger partial charge in [0, 0.05) is 17.0 Å². The Morgan fingerprint density at radius 2 is 1.70 bits per heavy atom. The summed E-state index contributed by atoms with van der Waals surface area (Å²) in [5.74, 6) is -0.243. The van der Waals surface area contributed by atoms with Gasteiger partial charge in [-0.1, -0.05) is 30.3 Å². The molecule has 1 heterocycles. The third kappa shape index (κ3) is 4.95. The molecule has 0 atom stereocenters. The van der Waals surface area contributed by atoms with E-state index in [1.54, 1.807) is 42.5 Å². The van der Waals surface area contributed by atoms with Crippen LogP contribution in [-0.4, -0.2) is 23.5 Å². The van der Waals surface area contributed by atoms with Gasteiger partial charge in [-0.2, -0.15) is 0 Å². The fraction of sp³-hybridized carbons (Fsp3) is 0.143. The molecule has 1 aromatic heterocycles. The highest BCUT2D eigenvalue weighted by Crippen LogP contribution is 2.28. The first-order valence-electron chi connectivity index (χ1n) is 8.56. The van der Waals surface area contributed by atoms with Gasteiger partial charge in [-0.05, 0) is 49.2 Å². The maximum Gasteiger partial charge on any atom is 0.256 e. The summed E-state index contributed by atoms with van der Waals surface area (Å²) in [5, 5.41) is 15.6. The highest BCUT2D eigenvalue weighted by atomic mass is 32.1. The molecule has 3 aromatic rings. The van der Waals surface area contributed by atoms with Crippen LogP contribution < -0.4 is 10.6 Å². The first-order chi connectivity index (χ1) is 13.0. The summed E-state index contributed by atoms with van der Waals surface area (Å²) in [6, 6.07) is 17.6. The number of carbonyl (C=O) groups is 2. The minimum atomic E-state index is -0.240. The number of phenolic OH excluding ortho intramolecular Hbond substituents is 1. The van der Waals surface area contributed by atoms with Gasteiger partial charge in [0.2, 0.25) is 0 Å². The fourth-order valence-electron chi connectivity index (χ4n) is 2.62. The molecule has 27 heavy (non-hydrogen) atoms. The maximum atomic E-state index is 12.5. The standard InChI is InChI=1S/C21H20N2O3S/c1-14-13-18(20(26)22-12-11-15-7-9-17(24)10-8-15)21(27-14)23-19(25)16-5-3-2-4-6-16/h2-10,13,24H,11-12H2,1H3,(H,22,26)(H,23,25). The number of nitrogens with one attached hydrogen (secondary N) is 2. The summed E-state index contributed by atoms with van der Waals surface area (Å²) < 4.78 is 0. The molecule has 3 N–H and O–H groups in total. The van der Waals surface area contributed by atoms with Gasteiger partial charge in [0.05, 0.1) is 5.56 Å². The third-order valence-corrected chi connectivity index (χ3v) is 4.96. The van der Waals surface area contributed by atoms with Crippen molar-refractivity contribution >= 4 is 28.2 Å². The second kappa shape index (κ2) is 8.51. The largest absolute Gasteiger partial charge is 0.508 e. The Balaban J connectivity index is 1.63. The number of aromatic hydroxyl groups is 1. The highest BCUT2D eigenvalue weighted by Gasteiger charge is 2.17. The van der Waals surface area contributed by atoms with Crippen molar-refractivity contribution in [2.45, 2.75) is 13.3 Å². The lowest BCUT2D eigenvalue weighted by molar-refractivity contribution is 0.0955. The molecule has 0 bridgehead atoms. The summed E-state index contributed by atoms with van der Waals surface area (Å²) in [6.07, 6.45) is 0.654. The van der Waals surface area contributed by atoms with Crippen molar-refractivity contribution in [3.05, 3.63) is 82.2 Å². The molecule has 0 fully saturated rings. The van der Waals surface area contributed by atoms with Crippen molar-refractivity contribution in [1.82, 2.24) is 5.32 Å². The van der Waals surface area contributed by atoms with E-state index in [9.17, 15) is 14.7 Å². The average Bonchev–Trinajstić information content (AvgIpc) is 3.04. The minimum Gasteiger partial charge on any atom is -0.508 e. The fourth-order valence-corrected chi connectivity index (χ4v) is 3.52. The normalized spacial score (nSPS) is 10.4. The lowest BCUT2D eigenvalue weighted by atomic mass is 10.1. The molecule has 5 nitrogen and oxygen atoms in total. The number of hydrogen-bond acceptors (Lipinski definition) is 4. The third-order valence-electron chi connectivity index (χ3n) is 4.00. The Bertz CT molecular complexity index is 934. The van der Waals surface area contributed by atoms with E-state index in [-0.39, 0.29) is 17.6 Å². The Hall–Kier alpha value is -3.12. The van der Waals surface area contributed by atoms with E-state index < -0.39 is 0 Å². The maximum absolute atomic E-state index is 12.5. The summed E-state index contributed by atoms with van der Waals surface area (Å²) in [4.78, 5) is 25.9. The van der Waals surface area contributed by atoms with Gasteiger partial charge in [-0.3, -0.25) is 9.59 Å². The Morgan fingerprint density at radius 3 is 2.41 bits per heavy atom. The average molecular weight is 380 g/mol. The number of carbonyl (C=O) groups excluding carboxylic acids is 2. The quantitative estimate of drug-likeness (QED) is 0.605. The van der Waals surface area contributed by atoms with Crippen molar-refractivity contribution in [1.29, 1.82) is 0 Å². The lowest BCUT2D eigenvalue weighted by Crippen LogP contribution is -2.26. The SMILES string of the molecule is Cc1cc(C(=O)NCCc2ccc(O)cc2)c(NC(=O)c2ccccc2)s1. The molecule has 6 heteroatoms. The summed E-state index contributed by atoms with van der Waals surface area (Å²) in [5.41, 5.74) is 2.03. The number of anilines is 1. The first-order valence-corrected chi connectivity index (χ1v) is 9.37. The number of phenols is 1. The molecule has 3 rings (SSSR count). The first kappa shape index (κ1) is 18.7. The van der Waals surface area contributed by atoms with Crippen LogP contribution in [0.3, 0.4) is 0 Å². The predicted octanol–water partition coefficient (Wildman–Crippen LogP) is 3.99. The molecule has 2 aromatic carbocycles. The number of aryl methyl sites for hydroxylation is 1. The van der Waals surface area contributed by atoms with Gasteiger partial charge in [0.25, 0.3) is 11.8 Å². The number of thiophene rings is 1. The smallest absolute Gasteiger partial charge is 0.256 e. The van der Waals surface area contributed by atoms with Crippen LogP contribution >= 0.6 is 11.3 Å². The van der Waals surface area contributed by atoms with E-state index in [0.29, 0.717) is 29.1 Å². The number of benzene rings is 2. The van der Waals surface area contributed by atoms with Crippen molar-refractivity contribution in [2.24, 2.45) is 0 Å². The number of hydrogen-bond donors (Lipinski definition) is 3. The molecule has 0 unspecified atom stereocenters. The van der Waals surface area contributed by atoms with E-state index >= 15 is 0 Å². The van der Waals surface area contributed by atoms with Gasteiger partial charge in [0.1, 0.15) is 10.8 Å². The molecule has 2 amide bonds. The molecule has 0 aliphatic rings. The highest BCUT2D eigenvalue weighted by molar-refractivity contribution is 7.16. The van der Waals surface area contributed by atoms with Gasteiger partial charge in [0.15, 0.2) is 0 Å². The molecule has 0 spiro atoms. The van der Waals surface area contributed by atoms with Crippen LogP contribution in [0.15, 0.2) is 60.7 Å². The van der Waals surface area contributed by atoms with Crippen LogP contribution in [0, 0.1) is 6.92 Å². The van der Waals surface area contributed by atoms with Crippen molar-refractivity contribution < 1.29 is 14.7 Å². The van der Waals surface area contributed by atoms with E-state index in [0.717, 1.165) is 10.4 Å². The van der Waals surface area contributed by atoms with Crippen LogP contribution in [0.5, 0.6) is 5.75 Å².